The molecule has 1 aliphatic heterocycles. The Morgan fingerprint density at radius 3 is 2.73 bits per heavy atom. The van der Waals surface area contributed by atoms with Crippen molar-refractivity contribution in [1.29, 1.82) is 0 Å². The summed E-state index contributed by atoms with van der Waals surface area (Å²) in [6, 6.07) is 9.05. The largest absolute Gasteiger partial charge is 0.455 e. The quantitative estimate of drug-likeness (QED) is 0.326. The zero-order valence-corrected chi connectivity index (χ0v) is 18.0. The molecule has 150 valence electrons. The van der Waals surface area contributed by atoms with Gasteiger partial charge in [-0.05, 0) is 60.2 Å². The van der Waals surface area contributed by atoms with E-state index in [2.05, 4.69) is 60.9 Å². The lowest BCUT2D eigenvalue weighted by molar-refractivity contribution is -0.659. The third-order valence-electron chi connectivity index (χ3n) is 7.28. The van der Waals surface area contributed by atoms with E-state index in [9.17, 15) is 0 Å². The van der Waals surface area contributed by atoms with Crippen molar-refractivity contribution in [1.82, 2.24) is 4.98 Å². The van der Waals surface area contributed by atoms with Crippen LogP contribution >= 0.6 is 0 Å². The summed E-state index contributed by atoms with van der Waals surface area (Å²) in [5.41, 5.74) is 6.31. The van der Waals surface area contributed by atoms with Crippen molar-refractivity contribution in [3.8, 4) is 22.8 Å². The lowest BCUT2D eigenvalue weighted by Crippen LogP contribution is -2.32. The zero-order chi connectivity index (χ0) is 20.4. The minimum atomic E-state index is 0.823. The number of hydrogen-bond donors (Lipinski definition) is 0. The molecule has 2 aliphatic rings. The van der Waals surface area contributed by atoms with Crippen molar-refractivity contribution in [3.63, 3.8) is 0 Å². The van der Waals surface area contributed by atoms with Gasteiger partial charge in [-0.1, -0.05) is 31.7 Å². The SMILES string of the molecule is Cc1c2c(c(C)c3ccncc13)-c1c3c(cc(CC4CCCC4)cc3cc[n+]1C)O2. The van der Waals surface area contributed by atoms with Crippen LogP contribution in [0.1, 0.15) is 42.4 Å². The molecule has 3 heterocycles. The number of nitrogens with zero attached hydrogens (tertiary/aromatic N) is 2. The van der Waals surface area contributed by atoms with E-state index in [4.69, 9.17) is 4.74 Å². The summed E-state index contributed by atoms with van der Waals surface area (Å²) in [6.45, 7) is 4.37. The molecule has 3 heteroatoms. The molecule has 6 rings (SSSR count). The number of hydrogen-bond acceptors (Lipinski definition) is 2. The minimum absolute atomic E-state index is 0.823. The number of pyridine rings is 2. The topological polar surface area (TPSA) is 26.0 Å². The van der Waals surface area contributed by atoms with E-state index in [0.717, 1.165) is 23.8 Å². The number of benzene rings is 2. The average molecular weight is 396 g/mol. The molecule has 0 unspecified atom stereocenters. The number of rotatable bonds is 2. The van der Waals surface area contributed by atoms with E-state index in [1.54, 1.807) is 0 Å². The Bertz CT molecular complexity index is 1330. The monoisotopic (exact) mass is 395 g/mol. The van der Waals surface area contributed by atoms with Gasteiger partial charge in [0.05, 0.1) is 10.9 Å². The van der Waals surface area contributed by atoms with Crippen LogP contribution in [0.3, 0.4) is 0 Å². The van der Waals surface area contributed by atoms with E-state index in [1.165, 1.54) is 75.2 Å². The molecular weight excluding hydrogens is 368 g/mol. The molecule has 2 aromatic carbocycles. The summed E-state index contributed by atoms with van der Waals surface area (Å²) in [5.74, 6) is 2.82. The fraction of sp³-hybridized carbons (Fsp3) is 0.333. The van der Waals surface area contributed by atoms with Crippen LogP contribution < -0.4 is 9.30 Å². The highest BCUT2D eigenvalue weighted by Gasteiger charge is 2.32. The third kappa shape index (κ3) is 2.51. The van der Waals surface area contributed by atoms with Crippen LogP contribution in [0.4, 0.5) is 0 Å². The number of ether oxygens (including phenoxy) is 1. The Balaban J connectivity index is 1.64. The fourth-order valence-electron chi connectivity index (χ4n) is 5.73. The molecular formula is C27H27N2O+. The van der Waals surface area contributed by atoms with Crippen molar-refractivity contribution < 1.29 is 9.30 Å². The van der Waals surface area contributed by atoms with Crippen molar-refractivity contribution in [3.05, 3.63) is 59.5 Å². The molecule has 1 fully saturated rings. The molecule has 1 saturated carbocycles. The lowest BCUT2D eigenvalue weighted by Gasteiger charge is -2.24. The second-order valence-electron chi connectivity index (χ2n) is 9.17. The first-order chi connectivity index (χ1) is 14.6. The Morgan fingerprint density at radius 2 is 1.90 bits per heavy atom. The van der Waals surface area contributed by atoms with Gasteiger partial charge in [0.15, 0.2) is 6.20 Å². The standard InChI is InChI=1S/C27H27N2O/c1-16-21-8-10-28-15-22(21)17(2)27-24(16)26-25-20(9-11-29(26)3)13-19(14-23(25)30-27)12-18-6-4-5-7-18/h8-11,13-15,18H,4-7,12H2,1-3H3/q+1. The van der Waals surface area contributed by atoms with E-state index < -0.39 is 0 Å². The maximum atomic E-state index is 6.69. The van der Waals surface area contributed by atoms with Gasteiger partial charge in [0.25, 0.3) is 0 Å². The smallest absolute Gasteiger partial charge is 0.228 e. The zero-order valence-electron chi connectivity index (χ0n) is 18.0. The summed E-state index contributed by atoms with van der Waals surface area (Å²) in [7, 11) is 2.14. The summed E-state index contributed by atoms with van der Waals surface area (Å²) in [5, 5.41) is 4.95. The van der Waals surface area contributed by atoms with Gasteiger partial charge in [-0.3, -0.25) is 4.98 Å². The van der Waals surface area contributed by atoms with Crippen LogP contribution in [-0.2, 0) is 13.5 Å². The molecule has 4 aromatic rings. The highest BCUT2D eigenvalue weighted by atomic mass is 16.5. The molecule has 2 aromatic heterocycles. The fourth-order valence-corrected chi connectivity index (χ4v) is 5.73. The predicted molar refractivity (Wildman–Crippen MR) is 121 cm³/mol. The second-order valence-corrected chi connectivity index (χ2v) is 9.17. The Morgan fingerprint density at radius 1 is 1.07 bits per heavy atom. The van der Waals surface area contributed by atoms with Gasteiger partial charge in [-0.25, -0.2) is 4.57 Å². The van der Waals surface area contributed by atoms with Gasteiger partial charge in [-0.15, -0.1) is 0 Å². The van der Waals surface area contributed by atoms with E-state index in [-0.39, 0.29) is 0 Å². The first-order valence-corrected chi connectivity index (χ1v) is 11.1. The normalized spacial score (nSPS) is 15.6. The van der Waals surface area contributed by atoms with Crippen LogP contribution in [0.15, 0.2) is 42.9 Å². The first-order valence-electron chi connectivity index (χ1n) is 11.1. The van der Waals surface area contributed by atoms with Gasteiger partial charge >= 0.3 is 0 Å². The molecule has 0 N–H and O–H groups in total. The maximum absolute atomic E-state index is 6.69. The van der Waals surface area contributed by atoms with Crippen LogP contribution in [0, 0.1) is 19.8 Å². The van der Waals surface area contributed by atoms with E-state index >= 15 is 0 Å². The van der Waals surface area contributed by atoms with Crippen LogP contribution in [0.25, 0.3) is 32.8 Å². The summed E-state index contributed by atoms with van der Waals surface area (Å²) in [6.07, 6.45) is 12.7. The van der Waals surface area contributed by atoms with Crippen molar-refractivity contribution in [2.75, 3.05) is 0 Å². The van der Waals surface area contributed by atoms with Crippen LogP contribution in [-0.4, -0.2) is 4.98 Å². The van der Waals surface area contributed by atoms with E-state index in [1.807, 2.05) is 12.4 Å². The van der Waals surface area contributed by atoms with Gasteiger partial charge in [0.1, 0.15) is 18.5 Å². The first kappa shape index (κ1) is 17.9. The van der Waals surface area contributed by atoms with Gasteiger partial charge < -0.3 is 4.74 Å². The highest BCUT2D eigenvalue weighted by Crippen LogP contribution is 2.50. The summed E-state index contributed by atoms with van der Waals surface area (Å²) < 4.78 is 8.94. The van der Waals surface area contributed by atoms with Crippen molar-refractivity contribution >= 4 is 21.5 Å². The Kier molecular flexibility index (Phi) is 3.89. The summed E-state index contributed by atoms with van der Waals surface area (Å²) in [4.78, 5) is 4.37. The predicted octanol–water partition coefficient (Wildman–Crippen LogP) is 6.33. The maximum Gasteiger partial charge on any atom is 0.228 e. The number of aryl methyl sites for hydroxylation is 3. The molecule has 0 spiro atoms. The lowest BCUT2D eigenvalue weighted by atomic mass is 9.88. The third-order valence-corrected chi connectivity index (χ3v) is 7.28. The molecule has 0 radical (unpaired) electrons. The van der Waals surface area contributed by atoms with Crippen LogP contribution in [0.5, 0.6) is 11.5 Å². The average Bonchev–Trinajstić information content (AvgIpc) is 3.27. The molecule has 1 aliphatic carbocycles. The Hall–Kier alpha value is -2.94. The molecule has 0 amide bonds. The molecule has 0 atom stereocenters. The van der Waals surface area contributed by atoms with Gasteiger partial charge in [0.2, 0.25) is 5.69 Å². The van der Waals surface area contributed by atoms with Crippen molar-refractivity contribution in [2.24, 2.45) is 13.0 Å². The minimum Gasteiger partial charge on any atom is -0.455 e. The van der Waals surface area contributed by atoms with Crippen molar-refractivity contribution in [2.45, 2.75) is 46.0 Å². The Labute approximate surface area is 177 Å². The summed E-state index contributed by atoms with van der Waals surface area (Å²) >= 11 is 0. The van der Waals surface area contributed by atoms with Crippen LogP contribution in [0.2, 0.25) is 0 Å². The highest BCUT2D eigenvalue weighted by molar-refractivity contribution is 6.06. The molecule has 0 saturated heterocycles. The number of aromatic nitrogens is 2. The molecule has 3 nitrogen and oxygen atoms in total. The number of fused-ring (bicyclic) bond motifs is 3. The van der Waals surface area contributed by atoms with Gasteiger partial charge in [-0.2, -0.15) is 0 Å². The molecule has 0 bridgehead atoms. The van der Waals surface area contributed by atoms with Gasteiger partial charge in [0, 0.05) is 29.4 Å². The molecule has 30 heavy (non-hydrogen) atoms. The second kappa shape index (κ2) is 6.53. The van der Waals surface area contributed by atoms with E-state index in [0.29, 0.717) is 0 Å².